The number of alkyl halides is 1. The predicted octanol–water partition coefficient (Wildman–Crippen LogP) is 2.56. The first-order valence-corrected chi connectivity index (χ1v) is 6.03. The Kier molecular flexibility index (Phi) is 4.23. The van der Waals surface area contributed by atoms with Crippen LogP contribution in [0, 0.1) is 0 Å². The average Bonchev–Trinajstić information content (AvgIpc) is 2.44. The van der Waals surface area contributed by atoms with Gasteiger partial charge in [-0.1, -0.05) is 35.7 Å². The lowest BCUT2D eigenvalue weighted by atomic mass is 10.1. The predicted molar refractivity (Wildman–Crippen MR) is 58.0 cm³/mol. The average molecular weight is 248 g/mol. The zero-order valence-electron chi connectivity index (χ0n) is 8.42. The summed E-state index contributed by atoms with van der Waals surface area (Å²) in [4.78, 5) is 13.7. The fourth-order valence-corrected chi connectivity index (χ4v) is 2.23. The summed E-state index contributed by atoms with van der Waals surface area (Å²) in [6.45, 7) is 5.27. The van der Waals surface area contributed by atoms with Gasteiger partial charge in [0.15, 0.2) is 0 Å². The van der Waals surface area contributed by atoms with E-state index in [1.54, 1.807) is 0 Å². The number of hydrogen-bond donors (Lipinski definition) is 0. The number of halogens is 1. The molecule has 13 heavy (non-hydrogen) atoms. The van der Waals surface area contributed by atoms with Crippen molar-refractivity contribution in [2.75, 3.05) is 6.54 Å². The van der Waals surface area contributed by atoms with E-state index in [2.05, 4.69) is 29.8 Å². The van der Waals surface area contributed by atoms with Gasteiger partial charge in [-0.25, -0.2) is 0 Å². The molecule has 0 N–H and O–H groups in total. The monoisotopic (exact) mass is 247 g/mol. The molecule has 0 aromatic carbocycles. The van der Waals surface area contributed by atoms with Gasteiger partial charge in [-0.15, -0.1) is 0 Å². The SMILES string of the molecule is CCCCC(C)N1CCC(Br)C1=O. The van der Waals surface area contributed by atoms with Crippen molar-refractivity contribution in [1.29, 1.82) is 0 Å². The van der Waals surface area contributed by atoms with Crippen molar-refractivity contribution in [2.45, 2.75) is 50.4 Å². The second-order valence-electron chi connectivity index (χ2n) is 3.78. The Balaban J connectivity index is 2.39. The Hall–Kier alpha value is -0.0500. The summed E-state index contributed by atoms with van der Waals surface area (Å²) in [6, 6.07) is 0.426. The summed E-state index contributed by atoms with van der Waals surface area (Å²) in [5, 5.41) is 0. The van der Waals surface area contributed by atoms with Crippen molar-refractivity contribution in [3.63, 3.8) is 0 Å². The van der Waals surface area contributed by atoms with Gasteiger partial charge in [-0.05, 0) is 19.8 Å². The molecule has 1 aliphatic heterocycles. The lowest BCUT2D eigenvalue weighted by molar-refractivity contribution is -0.128. The Bertz CT molecular complexity index is 184. The van der Waals surface area contributed by atoms with Crippen LogP contribution in [0.1, 0.15) is 39.5 Å². The van der Waals surface area contributed by atoms with Crippen LogP contribution in [-0.4, -0.2) is 28.2 Å². The van der Waals surface area contributed by atoms with E-state index in [0.717, 1.165) is 19.4 Å². The lowest BCUT2D eigenvalue weighted by Gasteiger charge is -2.24. The summed E-state index contributed by atoms with van der Waals surface area (Å²) in [5.74, 6) is 0.281. The molecule has 1 aliphatic rings. The third-order valence-electron chi connectivity index (χ3n) is 2.68. The molecule has 1 amide bonds. The van der Waals surface area contributed by atoms with E-state index in [9.17, 15) is 4.79 Å². The van der Waals surface area contributed by atoms with Crippen molar-refractivity contribution < 1.29 is 4.79 Å². The van der Waals surface area contributed by atoms with Crippen molar-refractivity contribution in [3.8, 4) is 0 Å². The van der Waals surface area contributed by atoms with Gasteiger partial charge in [0.2, 0.25) is 5.91 Å². The number of carbonyl (C=O) groups is 1. The van der Waals surface area contributed by atoms with E-state index in [1.165, 1.54) is 12.8 Å². The Morgan fingerprint density at radius 1 is 1.69 bits per heavy atom. The molecule has 0 saturated carbocycles. The zero-order chi connectivity index (χ0) is 9.84. The maximum Gasteiger partial charge on any atom is 0.236 e. The van der Waals surface area contributed by atoms with Crippen LogP contribution in [0.5, 0.6) is 0 Å². The van der Waals surface area contributed by atoms with Crippen LogP contribution in [0.3, 0.4) is 0 Å². The van der Waals surface area contributed by atoms with Crippen molar-refractivity contribution in [2.24, 2.45) is 0 Å². The van der Waals surface area contributed by atoms with Gasteiger partial charge in [0.25, 0.3) is 0 Å². The smallest absolute Gasteiger partial charge is 0.236 e. The van der Waals surface area contributed by atoms with Crippen molar-refractivity contribution >= 4 is 21.8 Å². The Morgan fingerprint density at radius 2 is 2.38 bits per heavy atom. The first-order chi connectivity index (χ1) is 6.16. The molecule has 0 aromatic rings. The number of amides is 1. The van der Waals surface area contributed by atoms with E-state index in [1.807, 2.05) is 4.90 Å². The second-order valence-corrected chi connectivity index (χ2v) is 4.88. The zero-order valence-corrected chi connectivity index (χ0v) is 10.0. The molecule has 0 radical (unpaired) electrons. The Labute approximate surface area is 88.8 Å². The highest BCUT2D eigenvalue weighted by Gasteiger charge is 2.31. The molecule has 3 heteroatoms. The van der Waals surface area contributed by atoms with Crippen molar-refractivity contribution in [3.05, 3.63) is 0 Å². The molecule has 0 aliphatic carbocycles. The van der Waals surface area contributed by atoms with Crippen LogP contribution in [0.25, 0.3) is 0 Å². The second kappa shape index (κ2) is 4.99. The minimum Gasteiger partial charge on any atom is -0.339 e. The van der Waals surface area contributed by atoms with Gasteiger partial charge in [0.05, 0.1) is 4.83 Å². The normalized spacial score (nSPS) is 25.3. The van der Waals surface area contributed by atoms with Crippen LogP contribution in [0.2, 0.25) is 0 Å². The maximum atomic E-state index is 11.6. The highest BCUT2D eigenvalue weighted by atomic mass is 79.9. The van der Waals surface area contributed by atoms with Gasteiger partial charge in [-0.2, -0.15) is 0 Å². The quantitative estimate of drug-likeness (QED) is 0.700. The number of hydrogen-bond acceptors (Lipinski definition) is 1. The summed E-state index contributed by atoms with van der Waals surface area (Å²) in [6.07, 6.45) is 4.54. The van der Waals surface area contributed by atoms with Gasteiger partial charge in [0, 0.05) is 12.6 Å². The highest BCUT2D eigenvalue weighted by molar-refractivity contribution is 9.10. The van der Waals surface area contributed by atoms with Gasteiger partial charge >= 0.3 is 0 Å². The third kappa shape index (κ3) is 2.70. The molecule has 1 fully saturated rings. The van der Waals surface area contributed by atoms with E-state index < -0.39 is 0 Å². The molecule has 76 valence electrons. The highest BCUT2D eigenvalue weighted by Crippen LogP contribution is 2.22. The lowest BCUT2D eigenvalue weighted by Crippen LogP contribution is -2.35. The van der Waals surface area contributed by atoms with Crippen molar-refractivity contribution in [1.82, 2.24) is 4.90 Å². The van der Waals surface area contributed by atoms with Gasteiger partial charge in [-0.3, -0.25) is 4.79 Å². The minimum absolute atomic E-state index is 0.0802. The Morgan fingerprint density at radius 3 is 2.85 bits per heavy atom. The number of nitrogens with zero attached hydrogens (tertiary/aromatic N) is 1. The van der Waals surface area contributed by atoms with E-state index in [4.69, 9.17) is 0 Å². The number of carbonyl (C=O) groups excluding carboxylic acids is 1. The molecule has 2 atom stereocenters. The molecule has 2 nitrogen and oxygen atoms in total. The van der Waals surface area contributed by atoms with Crippen LogP contribution in [0.4, 0.5) is 0 Å². The first-order valence-electron chi connectivity index (χ1n) is 5.11. The summed E-state index contributed by atoms with van der Waals surface area (Å²) >= 11 is 3.39. The molecule has 1 heterocycles. The molecular weight excluding hydrogens is 230 g/mol. The molecule has 0 bridgehead atoms. The first kappa shape index (κ1) is 11.0. The van der Waals surface area contributed by atoms with Crippen LogP contribution >= 0.6 is 15.9 Å². The van der Waals surface area contributed by atoms with Crippen LogP contribution in [-0.2, 0) is 4.79 Å². The molecule has 0 spiro atoms. The van der Waals surface area contributed by atoms with Gasteiger partial charge in [0.1, 0.15) is 0 Å². The molecule has 2 unspecified atom stereocenters. The minimum atomic E-state index is 0.0802. The number of unbranched alkanes of at least 4 members (excludes halogenated alkanes) is 1. The maximum absolute atomic E-state index is 11.6. The van der Waals surface area contributed by atoms with Crippen LogP contribution in [0.15, 0.2) is 0 Å². The standard InChI is InChI=1S/C10H18BrNO/c1-3-4-5-8(2)12-7-6-9(11)10(12)13/h8-9H,3-7H2,1-2H3. The fourth-order valence-electron chi connectivity index (χ4n) is 1.76. The van der Waals surface area contributed by atoms with E-state index in [0.29, 0.717) is 6.04 Å². The number of rotatable bonds is 4. The number of likely N-dealkylation sites (tertiary alicyclic amines) is 1. The molecule has 1 saturated heterocycles. The molecular formula is C10H18BrNO. The van der Waals surface area contributed by atoms with E-state index >= 15 is 0 Å². The third-order valence-corrected chi connectivity index (χ3v) is 3.53. The molecule has 1 rings (SSSR count). The summed E-state index contributed by atoms with van der Waals surface area (Å²) < 4.78 is 0. The van der Waals surface area contributed by atoms with Gasteiger partial charge < -0.3 is 4.90 Å². The topological polar surface area (TPSA) is 20.3 Å². The fraction of sp³-hybridized carbons (Fsp3) is 0.900. The van der Waals surface area contributed by atoms with Crippen LogP contribution < -0.4 is 0 Å². The largest absolute Gasteiger partial charge is 0.339 e. The summed E-state index contributed by atoms with van der Waals surface area (Å²) in [7, 11) is 0. The summed E-state index contributed by atoms with van der Waals surface area (Å²) in [5.41, 5.74) is 0. The molecule has 0 aromatic heterocycles. The van der Waals surface area contributed by atoms with E-state index in [-0.39, 0.29) is 10.7 Å².